The average Bonchev–Trinajstić information content (AvgIpc) is 2.35. The summed E-state index contributed by atoms with van der Waals surface area (Å²) >= 11 is 0. The van der Waals surface area contributed by atoms with E-state index >= 15 is 0 Å². The zero-order valence-electron chi connectivity index (χ0n) is 13.7. The van der Waals surface area contributed by atoms with Gasteiger partial charge in [-0.2, -0.15) is 0 Å². The molecule has 0 heterocycles. The highest BCUT2D eigenvalue weighted by atomic mass is 28.4. The van der Waals surface area contributed by atoms with E-state index < -0.39 is 14.4 Å². The maximum absolute atomic E-state index is 12.3. The van der Waals surface area contributed by atoms with E-state index in [1.807, 2.05) is 0 Å². The van der Waals surface area contributed by atoms with E-state index in [9.17, 15) is 4.79 Å². The topological polar surface area (TPSA) is 44.8 Å². The summed E-state index contributed by atoms with van der Waals surface area (Å²) in [6.07, 6.45) is 6.82. The first kappa shape index (κ1) is 15.5. The maximum atomic E-state index is 12.3. The van der Waals surface area contributed by atoms with Crippen molar-refractivity contribution >= 4 is 14.3 Å². The lowest BCUT2D eigenvalue weighted by molar-refractivity contribution is -0.296. The van der Waals surface area contributed by atoms with E-state index in [1.54, 1.807) is 0 Å². The van der Waals surface area contributed by atoms with Crippen LogP contribution in [0.4, 0.5) is 0 Å². The zero-order valence-corrected chi connectivity index (χ0v) is 14.7. The van der Waals surface area contributed by atoms with E-state index in [1.165, 1.54) is 26.4 Å². The van der Waals surface area contributed by atoms with Crippen LogP contribution >= 0.6 is 0 Å². The standard InChI is InChI=1S/C16H28O4Si/c1-18-15(17)14(19-20-21(2,3)4)16-8-11-5-12(9-16)7-13(6-11)10-16/h11-14H,5-10H2,1-4H3. The lowest BCUT2D eigenvalue weighted by atomic mass is 9.48. The van der Waals surface area contributed by atoms with E-state index in [0.717, 1.165) is 37.0 Å². The third-order valence-corrected chi connectivity index (χ3v) is 6.05. The largest absolute Gasteiger partial charge is 0.467 e. The van der Waals surface area contributed by atoms with Crippen molar-refractivity contribution in [2.45, 2.75) is 64.3 Å². The Kier molecular flexibility index (Phi) is 3.95. The number of hydrogen-bond acceptors (Lipinski definition) is 4. The van der Waals surface area contributed by atoms with Gasteiger partial charge in [0.15, 0.2) is 6.10 Å². The molecule has 4 bridgehead atoms. The third-order valence-electron chi connectivity index (χ3n) is 5.45. The Balaban J connectivity index is 1.80. The first-order chi connectivity index (χ1) is 9.81. The second-order valence-corrected chi connectivity index (χ2v) is 12.9. The summed E-state index contributed by atoms with van der Waals surface area (Å²) in [6.45, 7) is 6.21. The molecule has 0 N–H and O–H groups in total. The molecule has 0 aliphatic heterocycles. The molecule has 0 aromatic heterocycles. The number of ether oxygens (including phenoxy) is 1. The summed E-state index contributed by atoms with van der Waals surface area (Å²) in [6, 6.07) is 0. The SMILES string of the molecule is COC(=O)C(OO[Si](C)(C)C)C12CC3CC(CC(C3)C1)C2. The van der Waals surface area contributed by atoms with Crippen molar-refractivity contribution in [1.82, 2.24) is 0 Å². The van der Waals surface area contributed by atoms with Gasteiger partial charge in [0.25, 0.3) is 0 Å². The fourth-order valence-electron chi connectivity index (χ4n) is 5.19. The highest BCUT2D eigenvalue weighted by Gasteiger charge is 2.57. The van der Waals surface area contributed by atoms with Crippen LogP contribution in [-0.2, 0) is 19.0 Å². The number of methoxy groups -OCH3 is 1. The molecule has 0 saturated heterocycles. The van der Waals surface area contributed by atoms with Gasteiger partial charge in [0.1, 0.15) is 0 Å². The highest BCUT2D eigenvalue weighted by Crippen LogP contribution is 2.61. The Labute approximate surface area is 128 Å². The predicted molar refractivity (Wildman–Crippen MR) is 81.9 cm³/mol. The van der Waals surface area contributed by atoms with Crippen LogP contribution < -0.4 is 0 Å². The van der Waals surface area contributed by atoms with Crippen LogP contribution in [0.5, 0.6) is 0 Å². The van der Waals surface area contributed by atoms with Gasteiger partial charge in [-0.15, -0.1) is 0 Å². The van der Waals surface area contributed by atoms with Gasteiger partial charge >= 0.3 is 5.97 Å². The number of carbonyl (C=O) groups is 1. The maximum Gasteiger partial charge on any atom is 0.338 e. The quantitative estimate of drug-likeness (QED) is 0.337. The van der Waals surface area contributed by atoms with Crippen molar-refractivity contribution in [2.24, 2.45) is 23.2 Å². The minimum atomic E-state index is -1.82. The normalized spacial score (nSPS) is 39.3. The molecule has 0 radical (unpaired) electrons. The molecule has 1 unspecified atom stereocenters. The Bertz CT molecular complexity index is 380. The van der Waals surface area contributed by atoms with Gasteiger partial charge in [0.2, 0.25) is 8.32 Å². The average molecular weight is 312 g/mol. The lowest BCUT2D eigenvalue weighted by Crippen LogP contribution is -2.55. The predicted octanol–water partition coefficient (Wildman–Crippen LogP) is 3.53. The van der Waals surface area contributed by atoms with Crippen molar-refractivity contribution < 1.29 is 19.0 Å². The highest BCUT2D eigenvalue weighted by molar-refractivity contribution is 6.69. The molecule has 4 fully saturated rings. The first-order valence-corrected chi connectivity index (χ1v) is 11.6. The number of rotatable bonds is 5. The van der Waals surface area contributed by atoms with Crippen LogP contribution in [0.3, 0.4) is 0 Å². The Morgan fingerprint density at radius 1 is 1.05 bits per heavy atom. The molecule has 120 valence electrons. The summed E-state index contributed by atoms with van der Waals surface area (Å²) in [5.41, 5.74) is -0.0402. The van der Waals surface area contributed by atoms with Crippen LogP contribution in [0.25, 0.3) is 0 Å². The number of carbonyl (C=O) groups excluding carboxylic acids is 1. The second kappa shape index (κ2) is 5.35. The van der Waals surface area contributed by atoms with Crippen molar-refractivity contribution in [3.05, 3.63) is 0 Å². The number of hydrogen-bond donors (Lipinski definition) is 0. The van der Waals surface area contributed by atoms with Gasteiger partial charge in [-0.25, -0.2) is 9.68 Å². The molecule has 4 aliphatic rings. The summed E-state index contributed by atoms with van der Waals surface area (Å²) in [4.78, 5) is 18.1. The minimum absolute atomic E-state index is 0.0402. The van der Waals surface area contributed by atoms with Gasteiger partial charge in [-0.1, -0.05) is 0 Å². The van der Waals surface area contributed by atoms with Crippen LogP contribution in [0.1, 0.15) is 38.5 Å². The van der Waals surface area contributed by atoms with E-state index in [-0.39, 0.29) is 11.4 Å². The van der Waals surface area contributed by atoms with Crippen molar-refractivity contribution in [2.75, 3.05) is 7.11 Å². The van der Waals surface area contributed by atoms with Crippen molar-refractivity contribution in [3.8, 4) is 0 Å². The van der Waals surface area contributed by atoms with Gasteiger partial charge < -0.3 is 4.74 Å². The molecule has 4 saturated carbocycles. The molecule has 4 rings (SSSR count). The van der Waals surface area contributed by atoms with Crippen molar-refractivity contribution in [3.63, 3.8) is 0 Å². The summed E-state index contributed by atoms with van der Waals surface area (Å²) in [5, 5.41) is 0. The molecule has 0 aromatic carbocycles. The van der Waals surface area contributed by atoms with Crippen LogP contribution in [0.2, 0.25) is 19.6 Å². The van der Waals surface area contributed by atoms with Crippen LogP contribution in [0, 0.1) is 23.2 Å². The molecule has 0 amide bonds. The molecular weight excluding hydrogens is 284 g/mol. The fourth-order valence-corrected chi connectivity index (χ4v) is 5.57. The Morgan fingerprint density at radius 2 is 1.52 bits per heavy atom. The van der Waals surface area contributed by atoms with E-state index in [0.29, 0.717) is 0 Å². The van der Waals surface area contributed by atoms with Gasteiger partial charge in [0.05, 0.1) is 7.11 Å². The van der Waals surface area contributed by atoms with Crippen molar-refractivity contribution in [1.29, 1.82) is 0 Å². The van der Waals surface area contributed by atoms with Gasteiger partial charge in [-0.3, -0.25) is 4.58 Å². The Morgan fingerprint density at radius 3 is 1.90 bits per heavy atom. The van der Waals surface area contributed by atoms with Gasteiger partial charge in [-0.05, 0) is 75.9 Å². The zero-order chi connectivity index (χ0) is 15.3. The van der Waals surface area contributed by atoms with E-state index in [4.69, 9.17) is 14.2 Å². The first-order valence-electron chi connectivity index (χ1n) is 8.24. The lowest BCUT2D eigenvalue weighted by Gasteiger charge is -2.58. The van der Waals surface area contributed by atoms with Crippen LogP contribution in [-0.4, -0.2) is 27.5 Å². The molecule has 4 nitrogen and oxygen atoms in total. The minimum Gasteiger partial charge on any atom is -0.467 e. The third kappa shape index (κ3) is 3.05. The van der Waals surface area contributed by atoms with Gasteiger partial charge in [0, 0.05) is 5.41 Å². The van der Waals surface area contributed by atoms with Crippen LogP contribution in [0.15, 0.2) is 0 Å². The molecule has 1 atom stereocenters. The fraction of sp³-hybridized carbons (Fsp3) is 0.938. The van der Waals surface area contributed by atoms with E-state index in [2.05, 4.69) is 19.6 Å². The summed E-state index contributed by atoms with van der Waals surface area (Å²) in [7, 11) is -0.371. The molecule has 0 aromatic rings. The molecule has 21 heavy (non-hydrogen) atoms. The number of esters is 1. The summed E-state index contributed by atoms with van der Waals surface area (Å²) < 4.78 is 10.7. The smallest absolute Gasteiger partial charge is 0.338 e. The summed E-state index contributed by atoms with van der Waals surface area (Å²) in [5.74, 6) is 2.08. The molecule has 0 spiro atoms. The Hall–Kier alpha value is -0.393. The molecule has 4 aliphatic carbocycles. The molecule has 5 heteroatoms. The monoisotopic (exact) mass is 312 g/mol. The molecular formula is C16H28O4Si. The second-order valence-electron chi connectivity index (χ2n) is 8.48.